The summed E-state index contributed by atoms with van der Waals surface area (Å²) in [6.07, 6.45) is 0.660. The zero-order valence-electron chi connectivity index (χ0n) is 28.3. The minimum absolute atomic E-state index is 0.00804. The van der Waals surface area contributed by atoms with Crippen LogP contribution in [0.3, 0.4) is 0 Å². The molecule has 0 saturated heterocycles. The first kappa shape index (κ1) is 34.1. The molecule has 4 N–H and O–H groups in total. The fourth-order valence-corrected chi connectivity index (χ4v) is 8.65. The first-order chi connectivity index (χ1) is 21.8. The van der Waals surface area contributed by atoms with E-state index in [9.17, 15) is 39.6 Å². The molecule has 3 aliphatic carbocycles. The summed E-state index contributed by atoms with van der Waals surface area (Å²) >= 11 is 0. The number of phenols is 1. The number of aliphatic hydroxyl groups is 3. The van der Waals surface area contributed by atoms with Gasteiger partial charge in [-0.1, -0.05) is 66.7 Å². The molecule has 0 aromatic heterocycles. The van der Waals surface area contributed by atoms with Crippen LogP contribution in [0, 0.1) is 22.7 Å². The topological polar surface area (TPSA) is 158 Å². The molecule has 9 heteroatoms. The lowest BCUT2D eigenvalue weighted by molar-refractivity contribution is -0.171. The van der Waals surface area contributed by atoms with Crippen molar-refractivity contribution in [1.82, 2.24) is 0 Å². The van der Waals surface area contributed by atoms with E-state index >= 15 is 0 Å². The molecule has 9 nitrogen and oxygen atoms in total. The molecule has 0 spiro atoms. The second-order valence-corrected chi connectivity index (χ2v) is 14.6. The maximum atomic E-state index is 14.5. The number of esters is 1. The van der Waals surface area contributed by atoms with Crippen molar-refractivity contribution in [2.24, 2.45) is 22.7 Å². The van der Waals surface area contributed by atoms with Gasteiger partial charge in [0.2, 0.25) is 5.78 Å². The number of carbonyl (C=O) groups excluding carboxylic acids is 4. The van der Waals surface area contributed by atoms with Gasteiger partial charge in [-0.15, -0.1) is 0 Å². The van der Waals surface area contributed by atoms with Crippen LogP contribution in [0.25, 0.3) is 0 Å². The van der Waals surface area contributed by atoms with Crippen molar-refractivity contribution < 1.29 is 44.3 Å². The van der Waals surface area contributed by atoms with E-state index in [1.165, 1.54) is 0 Å². The van der Waals surface area contributed by atoms with Gasteiger partial charge >= 0.3 is 5.97 Å². The Morgan fingerprint density at radius 3 is 2.17 bits per heavy atom. The van der Waals surface area contributed by atoms with E-state index in [-0.39, 0.29) is 47.8 Å². The Labute approximate surface area is 275 Å². The number of fused-ring (bicyclic) bond motifs is 3. The minimum Gasteiger partial charge on any atom is -0.511 e. The predicted molar refractivity (Wildman–Crippen MR) is 174 cm³/mol. The number of ketones is 3. The molecule has 2 aromatic carbocycles. The van der Waals surface area contributed by atoms with Crippen molar-refractivity contribution in [2.75, 3.05) is 0 Å². The molecule has 4 atom stereocenters. The molecule has 3 aliphatic rings. The average molecular weight is 645 g/mol. The number of carbonyl (C=O) groups is 4. The van der Waals surface area contributed by atoms with Gasteiger partial charge in [0, 0.05) is 27.9 Å². The molecule has 0 fully saturated rings. The molecule has 0 saturated carbocycles. The van der Waals surface area contributed by atoms with E-state index in [0.717, 1.165) is 24.5 Å². The Bertz CT molecular complexity index is 1780. The molecule has 0 bridgehead atoms. The smallest absolute Gasteiger partial charge is 0.315 e. The number of phenolic OH excluding ortho intramolecular Hbond substituents is 1. The normalized spacial score (nSPS) is 27.2. The highest BCUT2D eigenvalue weighted by atomic mass is 16.5. The van der Waals surface area contributed by atoms with Crippen molar-refractivity contribution in [3.8, 4) is 11.5 Å². The summed E-state index contributed by atoms with van der Waals surface area (Å²) in [6.45, 7) is 13.9. The van der Waals surface area contributed by atoms with Crippen LogP contribution >= 0.6 is 0 Å². The zero-order chi connectivity index (χ0) is 35.0. The highest BCUT2D eigenvalue weighted by Crippen LogP contribution is 2.65. The van der Waals surface area contributed by atoms with Crippen LogP contribution < -0.4 is 4.74 Å². The van der Waals surface area contributed by atoms with E-state index < -0.39 is 68.5 Å². The van der Waals surface area contributed by atoms with Gasteiger partial charge in [0.25, 0.3) is 0 Å². The number of allylic oxidation sites excluding steroid dienone is 2. The summed E-state index contributed by atoms with van der Waals surface area (Å²) in [5.74, 6) is -6.13. The minimum atomic E-state index is -2.69. The number of benzene rings is 2. The van der Waals surface area contributed by atoms with Gasteiger partial charge in [-0.3, -0.25) is 19.2 Å². The largest absolute Gasteiger partial charge is 0.511 e. The number of aromatic hydroxyl groups is 1. The van der Waals surface area contributed by atoms with E-state index in [1.54, 1.807) is 45.9 Å². The van der Waals surface area contributed by atoms with E-state index in [1.807, 2.05) is 32.9 Å². The summed E-state index contributed by atoms with van der Waals surface area (Å²) in [5.41, 5.74) is -3.73. The first-order valence-electron chi connectivity index (χ1n) is 16.2. The molecular weight excluding hydrogens is 600 g/mol. The second kappa shape index (κ2) is 11.5. The quantitative estimate of drug-likeness (QED) is 0.157. The summed E-state index contributed by atoms with van der Waals surface area (Å²) < 4.78 is 5.52. The number of aryl methyl sites for hydroxylation is 1. The van der Waals surface area contributed by atoms with Gasteiger partial charge in [-0.25, -0.2) is 0 Å². The SMILES string of the molecule is CCc1ccc(OC(=O)Cc2cc(C(C)C)c3c(c2O)C(=O)C2=C(O)[C@@]4(O)C(=O)C(C(C)=O)=C(O)C(C(C)C)[C@@]4(C)C[C@@]2(C)C3)cc1. The molecule has 47 heavy (non-hydrogen) atoms. The Kier molecular flexibility index (Phi) is 8.33. The number of Topliss-reactive ketones (excluding diaryl/α,β-unsaturated/α-hetero) is 3. The maximum Gasteiger partial charge on any atom is 0.315 e. The molecule has 0 aliphatic heterocycles. The van der Waals surface area contributed by atoms with E-state index in [0.29, 0.717) is 11.3 Å². The van der Waals surface area contributed by atoms with Crippen molar-refractivity contribution in [3.63, 3.8) is 0 Å². The van der Waals surface area contributed by atoms with Gasteiger partial charge in [0.1, 0.15) is 28.6 Å². The summed E-state index contributed by atoms with van der Waals surface area (Å²) in [5, 5.41) is 47.1. The fraction of sp³-hybridized carbons (Fsp3) is 0.474. The number of hydrogen-bond donors (Lipinski definition) is 4. The van der Waals surface area contributed by atoms with Crippen LogP contribution in [0.1, 0.15) is 100 Å². The monoisotopic (exact) mass is 644 g/mol. The maximum absolute atomic E-state index is 14.5. The summed E-state index contributed by atoms with van der Waals surface area (Å²) in [6, 6.07) is 8.79. The third-order valence-corrected chi connectivity index (χ3v) is 10.6. The first-order valence-corrected chi connectivity index (χ1v) is 16.2. The summed E-state index contributed by atoms with van der Waals surface area (Å²) in [7, 11) is 0. The van der Waals surface area contributed by atoms with E-state index in [4.69, 9.17) is 4.74 Å². The summed E-state index contributed by atoms with van der Waals surface area (Å²) in [4.78, 5) is 54.1. The van der Waals surface area contributed by atoms with Crippen molar-refractivity contribution in [3.05, 3.63) is 80.8 Å². The van der Waals surface area contributed by atoms with Crippen LogP contribution in [-0.2, 0) is 33.6 Å². The fourth-order valence-electron chi connectivity index (χ4n) is 8.65. The molecular formula is C38H44O9. The van der Waals surface area contributed by atoms with Crippen LogP contribution in [0.4, 0.5) is 0 Å². The van der Waals surface area contributed by atoms with Gasteiger partial charge in [0.15, 0.2) is 17.2 Å². The van der Waals surface area contributed by atoms with E-state index in [2.05, 4.69) is 0 Å². The van der Waals surface area contributed by atoms with Crippen LogP contribution in [-0.4, -0.2) is 49.3 Å². The van der Waals surface area contributed by atoms with Crippen molar-refractivity contribution in [1.29, 1.82) is 0 Å². The lowest BCUT2D eigenvalue weighted by atomic mass is 9.44. The lowest BCUT2D eigenvalue weighted by Crippen LogP contribution is -2.67. The molecule has 2 aromatic rings. The van der Waals surface area contributed by atoms with Gasteiger partial charge in [-0.2, -0.15) is 0 Å². The number of hydrogen-bond acceptors (Lipinski definition) is 9. The molecule has 0 amide bonds. The lowest BCUT2D eigenvalue weighted by Gasteiger charge is -2.59. The van der Waals surface area contributed by atoms with Crippen molar-refractivity contribution >= 4 is 23.3 Å². The molecule has 1 unspecified atom stereocenters. The molecule has 0 heterocycles. The Morgan fingerprint density at radius 2 is 1.64 bits per heavy atom. The predicted octanol–water partition coefficient (Wildman–Crippen LogP) is 6.18. The van der Waals surface area contributed by atoms with Gasteiger partial charge < -0.3 is 25.2 Å². The van der Waals surface area contributed by atoms with Gasteiger partial charge in [-0.05, 0) is 66.8 Å². The molecule has 5 rings (SSSR count). The third-order valence-electron chi connectivity index (χ3n) is 10.6. The second-order valence-electron chi connectivity index (χ2n) is 14.6. The number of aliphatic hydroxyl groups excluding tert-OH is 2. The Morgan fingerprint density at radius 1 is 1.02 bits per heavy atom. The molecule has 0 radical (unpaired) electrons. The van der Waals surface area contributed by atoms with Crippen LogP contribution in [0.15, 0.2) is 53.0 Å². The Balaban J connectivity index is 1.66. The zero-order valence-corrected chi connectivity index (χ0v) is 28.3. The number of ether oxygens (including phenoxy) is 1. The third kappa shape index (κ3) is 4.93. The number of rotatable bonds is 7. The molecule has 250 valence electrons. The average Bonchev–Trinajstić information content (AvgIpc) is 2.96. The van der Waals surface area contributed by atoms with Gasteiger partial charge in [0.05, 0.1) is 12.0 Å². The van der Waals surface area contributed by atoms with Crippen LogP contribution in [0.5, 0.6) is 11.5 Å². The standard InChI is InChI=1S/C38H44O9/c1-9-21-10-12-23(13-11-21)47-26(40)15-22-14-24(18(2)3)25-16-36(7)17-37(8)29(19(4)5)32(42)27(20(6)39)34(44)38(37,46)35(45)30(36)33(43)28(25)31(22)41/h10-14,18-19,29,41-42,45-46H,9,15-17H2,1-8H3/t29?,36-,37-,38+/m1/s1. The highest BCUT2D eigenvalue weighted by molar-refractivity contribution is 6.25. The Hall–Kier alpha value is -4.24. The van der Waals surface area contributed by atoms with Crippen molar-refractivity contribution in [2.45, 2.75) is 92.6 Å². The van der Waals surface area contributed by atoms with Crippen LogP contribution in [0.2, 0.25) is 0 Å². The highest BCUT2D eigenvalue weighted by Gasteiger charge is 2.71.